The molecule has 52 heavy (non-hydrogen) atoms. The number of piperidine rings is 1. The van der Waals surface area contributed by atoms with Gasteiger partial charge in [0.05, 0.1) is 37.6 Å². The maximum absolute atomic E-state index is 13.2. The first-order valence-electron chi connectivity index (χ1n) is 17.4. The molecule has 0 aromatic heterocycles. The topological polar surface area (TPSA) is 144 Å². The zero-order chi connectivity index (χ0) is 36.5. The van der Waals surface area contributed by atoms with E-state index in [1.165, 1.54) is 5.57 Å². The van der Waals surface area contributed by atoms with E-state index in [4.69, 9.17) is 14.2 Å². The number of amides is 4. The van der Waals surface area contributed by atoms with Crippen LogP contribution in [0.15, 0.2) is 97.1 Å². The highest BCUT2D eigenvalue weighted by Crippen LogP contribution is 2.36. The zero-order valence-corrected chi connectivity index (χ0v) is 28.9. The number of imide groups is 2. The Morgan fingerprint density at radius 3 is 2.13 bits per heavy atom. The molecular weight excluding hydrogens is 662 g/mol. The van der Waals surface area contributed by atoms with Crippen molar-refractivity contribution >= 4 is 40.5 Å². The van der Waals surface area contributed by atoms with Gasteiger partial charge in [0.15, 0.2) is 0 Å². The van der Waals surface area contributed by atoms with Crippen LogP contribution in [-0.4, -0.2) is 79.3 Å². The van der Waals surface area contributed by atoms with Crippen LogP contribution in [0.25, 0.3) is 11.1 Å². The van der Waals surface area contributed by atoms with Crippen molar-refractivity contribution in [2.24, 2.45) is 0 Å². The van der Waals surface area contributed by atoms with Crippen molar-refractivity contribution in [3.8, 4) is 11.5 Å². The summed E-state index contributed by atoms with van der Waals surface area (Å²) in [6.45, 7) is 4.34. The smallest absolute Gasteiger partial charge is 0.264 e. The molecule has 6 rings (SSSR count). The lowest BCUT2D eigenvalue weighted by Crippen LogP contribution is -2.54. The molecule has 1 atom stereocenters. The molecule has 11 nitrogen and oxygen atoms in total. The summed E-state index contributed by atoms with van der Waals surface area (Å²) in [4.78, 5) is 51.1. The van der Waals surface area contributed by atoms with E-state index in [9.17, 15) is 24.3 Å². The third kappa shape index (κ3) is 8.22. The second-order valence-electron chi connectivity index (χ2n) is 12.3. The first-order chi connectivity index (χ1) is 25.4. The average Bonchev–Trinajstić information content (AvgIpc) is 3.41. The van der Waals surface area contributed by atoms with Crippen LogP contribution in [-0.2, 0) is 19.1 Å². The average molecular weight is 704 g/mol. The third-order valence-electron chi connectivity index (χ3n) is 8.97. The van der Waals surface area contributed by atoms with Gasteiger partial charge in [-0.3, -0.25) is 29.4 Å². The SMILES string of the molecule is CCC(=C(c1ccc(O)cc1)c1ccc(OCCOCCOCCNc2cccc3c2C(=O)N(C2CCC(=O)NC2=O)C3=O)cc1)c1ccccc1. The maximum Gasteiger partial charge on any atom is 0.264 e. The number of carbonyl (C=O) groups excluding carboxylic acids is 4. The summed E-state index contributed by atoms with van der Waals surface area (Å²) in [5.74, 6) is -1.22. The molecule has 2 aliphatic heterocycles. The summed E-state index contributed by atoms with van der Waals surface area (Å²) in [7, 11) is 0. The van der Waals surface area contributed by atoms with E-state index < -0.39 is 29.7 Å². The van der Waals surface area contributed by atoms with Crippen molar-refractivity contribution in [2.45, 2.75) is 32.2 Å². The molecular formula is C41H41N3O8. The lowest BCUT2D eigenvalue weighted by molar-refractivity contribution is -0.136. The van der Waals surface area contributed by atoms with Crippen molar-refractivity contribution in [3.63, 3.8) is 0 Å². The van der Waals surface area contributed by atoms with Crippen LogP contribution in [0.1, 0.15) is 63.6 Å². The minimum Gasteiger partial charge on any atom is -0.508 e. The number of hydrogen-bond acceptors (Lipinski definition) is 9. The van der Waals surface area contributed by atoms with Gasteiger partial charge in [-0.05, 0) is 77.1 Å². The zero-order valence-electron chi connectivity index (χ0n) is 28.9. The largest absolute Gasteiger partial charge is 0.508 e. The van der Waals surface area contributed by atoms with Gasteiger partial charge in [0.25, 0.3) is 11.8 Å². The number of anilines is 1. The van der Waals surface area contributed by atoms with E-state index in [0.717, 1.165) is 39.3 Å². The number of ether oxygens (including phenoxy) is 3. The van der Waals surface area contributed by atoms with Crippen LogP contribution in [0.4, 0.5) is 5.69 Å². The minimum atomic E-state index is -1.01. The number of aromatic hydroxyl groups is 1. The number of nitrogens with zero attached hydrogens (tertiary/aromatic N) is 1. The van der Waals surface area contributed by atoms with Crippen molar-refractivity contribution < 1.29 is 38.5 Å². The number of benzene rings is 4. The number of phenols is 1. The van der Waals surface area contributed by atoms with Gasteiger partial charge < -0.3 is 24.6 Å². The van der Waals surface area contributed by atoms with Gasteiger partial charge in [-0.1, -0.05) is 67.6 Å². The minimum absolute atomic E-state index is 0.0646. The molecule has 0 saturated carbocycles. The Hall–Kier alpha value is -5.78. The molecule has 1 fully saturated rings. The molecule has 1 unspecified atom stereocenters. The van der Waals surface area contributed by atoms with E-state index in [-0.39, 0.29) is 29.7 Å². The number of nitrogens with one attached hydrogen (secondary N) is 2. The van der Waals surface area contributed by atoms with Crippen LogP contribution < -0.4 is 15.4 Å². The Bertz CT molecular complexity index is 1940. The Morgan fingerprint density at radius 1 is 0.769 bits per heavy atom. The summed E-state index contributed by atoms with van der Waals surface area (Å²) in [5, 5.41) is 15.2. The molecule has 2 heterocycles. The van der Waals surface area contributed by atoms with Crippen LogP contribution in [0, 0.1) is 0 Å². The van der Waals surface area contributed by atoms with Crippen molar-refractivity contribution in [1.29, 1.82) is 0 Å². The normalized spacial score (nSPS) is 16.0. The highest BCUT2D eigenvalue weighted by atomic mass is 16.5. The van der Waals surface area contributed by atoms with Gasteiger partial charge in [0.2, 0.25) is 11.8 Å². The molecule has 4 aromatic rings. The van der Waals surface area contributed by atoms with Crippen molar-refractivity contribution in [1.82, 2.24) is 10.2 Å². The fourth-order valence-corrected chi connectivity index (χ4v) is 6.49. The number of rotatable bonds is 16. The third-order valence-corrected chi connectivity index (χ3v) is 8.97. The molecule has 0 aliphatic carbocycles. The van der Waals surface area contributed by atoms with Crippen molar-refractivity contribution in [3.05, 3.63) is 125 Å². The van der Waals surface area contributed by atoms with Crippen LogP contribution in [0.5, 0.6) is 11.5 Å². The van der Waals surface area contributed by atoms with Gasteiger partial charge in [-0.2, -0.15) is 0 Å². The van der Waals surface area contributed by atoms with Gasteiger partial charge in [0, 0.05) is 18.7 Å². The molecule has 268 valence electrons. The molecule has 0 bridgehead atoms. The number of allylic oxidation sites excluding steroid dienone is 1. The number of fused-ring (bicyclic) bond motifs is 1. The highest BCUT2D eigenvalue weighted by Gasteiger charge is 2.45. The number of phenolic OH excluding ortho intramolecular Hbond substituents is 1. The summed E-state index contributed by atoms with van der Waals surface area (Å²) in [6, 6.07) is 29.5. The monoisotopic (exact) mass is 703 g/mol. The summed E-state index contributed by atoms with van der Waals surface area (Å²) in [5.41, 5.74) is 6.44. The summed E-state index contributed by atoms with van der Waals surface area (Å²) >= 11 is 0. The van der Waals surface area contributed by atoms with E-state index in [2.05, 4.69) is 29.7 Å². The lowest BCUT2D eigenvalue weighted by atomic mass is 9.88. The standard InChI is InChI=1S/C41H41N3O8/c1-2-32(27-7-4-3-5-8-27)37(28-11-15-30(45)16-12-28)29-13-17-31(18-14-29)52-26-25-51-24-23-50-22-21-42-34-10-6-9-33-38(34)41(49)44(40(33)48)35-19-20-36(46)43-39(35)47/h3-18,35,42,45H,2,19-26H2,1H3,(H,43,46,47). The molecule has 3 N–H and O–H groups in total. The van der Waals surface area contributed by atoms with E-state index in [1.807, 2.05) is 54.6 Å². The highest BCUT2D eigenvalue weighted by molar-refractivity contribution is 6.25. The summed E-state index contributed by atoms with van der Waals surface area (Å²) in [6.07, 6.45) is 1.00. The molecule has 11 heteroatoms. The second-order valence-corrected chi connectivity index (χ2v) is 12.3. The van der Waals surface area contributed by atoms with E-state index >= 15 is 0 Å². The maximum atomic E-state index is 13.2. The van der Waals surface area contributed by atoms with Crippen LogP contribution in [0.2, 0.25) is 0 Å². The van der Waals surface area contributed by atoms with E-state index in [1.54, 1.807) is 30.3 Å². The first kappa shape index (κ1) is 36.0. The molecule has 1 saturated heterocycles. The van der Waals surface area contributed by atoms with Crippen LogP contribution in [0.3, 0.4) is 0 Å². The first-order valence-corrected chi connectivity index (χ1v) is 17.4. The fraction of sp³-hybridized carbons (Fsp3) is 0.268. The van der Waals surface area contributed by atoms with Gasteiger partial charge >= 0.3 is 0 Å². The Morgan fingerprint density at radius 2 is 1.44 bits per heavy atom. The van der Waals surface area contributed by atoms with Gasteiger partial charge in [0.1, 0.15) is 24.1 Å². The second kappa shape index (κ2) is 17.0. The lowest BCUT2D eigenvalue weighted by Gasteiger charge is -2.27. The van der Waals surface area contributed by atoms with Gasteiger partial charge in [-0.25, -0.2) is 0 Å². The number of carbonyl (C=O) groups is 4. The van der Waals surface area contributed by atoms with Gasteiger partial charge in [-0.15, -0.1) is 0 Å². The van der Waals surface area contributed by atoms with E-state index in [0.29, 0.717) is 45.3 Å². The molecule has 2 aliphatic rings. The Kier molecular flexibility index (Phi) is 11.7. The van der Waals surface area contributed by atoms with Crippen molar-refractivity contribution in [2.75, 3.05) is 44.9 Å². The molecule has 4 aromatic carbocycles. The predicted octanol–water partition coefficient (Wildman–Crippen LogP) is 5.69. The molecule has 0 spiro atoms. The number of hydrogen-bond donors (Lipinski definition) is 3. The quantitative estimate of drug-likeness (QED) is 0.0763. The summed E-state index contributed by atoms with van der Waals surface area (Å²) < 4.78 is 17.3. The molecule has 0 radical (unpaired) electrons. The fourth-order valence-electron chi connectivity index (χ4n) is 6.49. The Labute approximate surface area is 302 Å². The predicted molar refractivity (Wildman–Crippen MR) is 196 cm³/mol. The van der Waals surface area contributed by atoms with Crippen LogP contribution >= 0.6 is 0 Å². The molecule has 4 amide bonds. The Balaban J connectivity index is 0.929.